The molecule has 5 nitrogen and oxygen atoms in total. The van der Waals surface area contributed by atoms with E-state index in [4.69, 9.17) is 5.73 Å². The highest BCUT2D eigenvalue weighted by Gasteiger charge is 2.21. The van der Waals surface area contributed by atoms with E-state index in [0.717, 1.165) is 34.3 Å². The summed E-state index contributed by atoms with van der Waals surface area (Å²) in [7, 11) is 0. The van der Waals surface area contributed by atoms with Gasteiger partial charge >= 0.3 is 0 Å². The number of nitrogens with one attached hydrogen (secondary N) is 1. The molecule has 1 amide bonds. The highest BCUT2D eigenvalue weighted by molar-refractivity contribution is 7.20. The molecule has 3 N–H and O–H groups in total. The molecule has 6 heteroatoms. The molecule has 3 aromatic rings. The molecule has 1 aliphatic rings. The van der Waals surface area contributed by atoms with Crippen LogP contribution in [0.15, 0.2) is 36.4 Å². The summed E-state index contributed by atoms with van der Waals surface area (Å²) < 4.78 is 0. The Balaban J connectivity index is 1.73. The first-order valence-electron chi connectivity index (χ1n) is 8.14. The van der Waals surface area contributed by atoms with Crippen molar-refractivity contribution in [2.75, 3.05) is 5.73 Å². The maximum atomic E-state index is 12.5. The molecule has 0 bridgehead atoms. The average Bonchev–Trinajstić information content (AvgIpc) is 3.24. The highest BCUT2D eigenvalue weighted by Crippen LogP contribution is 2.32. The van der Waals surface area contributed by atoms with Gasteiger partial charge in [0.1, 0.15) is 4.83 Å². The van der Waals surface area contributed by atoms with Crippen LogP contribution in [0.1, 0.15) is 35.4 Å². The van der Waals surface area contributed by atoms with Gasteiger partial charge in [0, 0.05) is 17.0 Å². The van der Waals surface area contributed by atoms with E-state index in [1.165, 1.54) is 24.2 Å². The third kappa shape index (κ3) is 2.85. The van der Waals surface area contributed by atoms with Crippen molar-refractivity contribution in [3.05, 3.63) is 41.3 Å². The van der Waals surface area contributed by atoms with E-state index in [9.17, 15) is 4.79 Å². The summed E-state index contributed by atoms with van der Waals surface area (Å²) in [6.07, 6.45) is 4.52. The third-order valence-corrected chi connectivity index (χ3v) is 5.40. The SMILES string of the molecule is Nc1nc(-c2ccccc2)c2cc(C(=O)NC3CCCC3)sc2n1. The summed E-state index contributed by atoms with van der Waals surface area (Å²) in [5.74, 6) is 0.202. The Morgan fingerprint density at radius 3 is 2.67 bits per heavy atom. The number of thiophene rings is 1. The molecular weight excluding hydrogens is 320 g/mol. The number of amides is 1. The zero-order valence-electron chi connectivity index (χ0n) is 13.2. The van der Waals surface area contributed by atoms with Crippen LogP contribution in [0, 0.1) is 0 Å². The molecule has 0 spiro atoms. The van der Waals surface area contributed by atoms with Gasteiger partial charge < -0.3 is 11.1 Å². The maximum absolute atomic E-state index is 12.5. The van der Waals surface area contributed by atoms with E-state index in [0.29, 0.717) is 10.9 Å². The van der Waals surface area contributed by atoms with Crippen molar-refractivity contribution >= 4 is 33.4 Å². The molecule has 122 valence electrons. The molecule has 4 rings (SSSR count). The highest BCUT2D eigenvalue weighted by atomic mass is 32.1. The molecule has 1 aromatic carbocycles. The summed E-state index contributed by atoms with van der Waals surface area (Å²) in [6, 6.07) is 12.0. The smallest absolute Gasteiger partial charge is 0.261 e. The fourth-order valence-electron chi connectivity index (χ4n) is 3.19. The van der Waals surface area contributed by atoms with Crippen LogP contribution in [0.25, 0.3) is 21.5 Å². The molecule has 1 aliphatic carbocycles. The van der Waals surface area contributed by atoms with Gasteiger partial charge in [-0.15, -0.1) is 11.3 Å². The molecule has 1 saturated carbocycles. The number of carbonyl (C=O) groups excluding carboxylic acids is 1. The summed E-state index contributed by atoms with van der Waals surface area (Å²) >= 11 is 1.37. The Kier molecular flexibility index (Phi) is 3.90. The van der Waals surface area contributed by atoms with E-state index in [1.807, 2.05) is 36.4 Å². The Morgan fingerprint density at radius 1 is 1.17 bits per heavy atom. The minimum atomic E-state index is -0.0255. The van der Waals surface area contributed by atoms with Gasteiger partial charge in [-0.1, -0.05) is 43.2 Å². The summed E-state index contributed by atoms with van der Waals surface area (Å²) in [6.45, 7) is 0. The second-order valence-corrected chi connectivity index (χ2v) is 7.11. The molecule has 24 heavy (non-hydrogen) atoms. The predicted molar refractivity (Wildman–Crippen MR) is 97.0 cm³/mol. The second kappa shape index (κ2) is 6.20. The summed E-state index contributed by atoms with van der Waals surface area (Å²) in [5, 5.41) is 3.99. The zero-order valence-corrected chi connectivity index (χ0v) is 14.0. The Bertz CT molecular complexity index is 885. The van der Waals surface area contributed by atoms with Gasteiger partial charge in [0.25, 0.3) is 5.91 Å². The van der Waals surface area contributed by atoms with Crippen molar-refractivity contribution in [1.29, 1.82) is 0 Å². The fourth-order valence-corrected chi connectivity index (χ4v) is 4.13. The number of hydrogen-bond acceptors (Lipinski definition) is 5. The number of carbonyl (C=O) groups is 1. The number of hydrogen-bond donors (Lipinski definition) is 2. The molecular formula is C18H18N4OS. The van der Waals surface area contributed by atoms with Crippen molar-refractivity contribution < 1.29 is 4.79 Å². The largest absolute Gasteiger partial charge is 0.368 e. The van der Waals surface area contributed by atoms with Gasteiger partial charge in [-0.05, 0) is 18.9 Å². The number of nitrogen functional groups attached to an aromatic ring is 1. The van der Waals surface area contributed by atoms with Crippen molar-refractivity contribution in [3.8, 4) is 11.3 Å². The fraction of sp³-hybridized carbons (Fsp3) is 0.278. The van der Waals surface area contributed by atoms with Crippen LogP contribution < -0.4 is 11.1 Å². The number of nitrogens with zero attached hydrogens (tertiary/aromatic N) is 2. The lowest BCUT2D eigenvalue weighted by molar-refractivity contribution is 0.0942. The van der Waals surface area contributed by atoms with Crippen LogP contribution >= 0.6 is 11.3 Å². The third-order valence-electron chi connectivity index (χ3n) is 4.37. The van der Waals surface area contributed by atoms with E-state index >= 15 is 0 Å². The van der Waals surface area contributed by atoms with Crippen molar-refractivity contribution in [1.82, 2.24) is 15.3 Å². The van der Waals surface area contributed by atoms with Crippen LogP contribution in [-0.4, -0.2) is 21.9 Å². The van der Waals surface area contributed by atoms with Crippen molar-refractivity contribution in [2.45, 2.75) is 31.7 Å². The normalized spacial score (nSPS) is 15.0. The monoisotopic (exact) mass is 338 g/mol. The topological polar surface area (TPSA) is 80.9 Å². The van der Waals surface area contributed by atoms with E-state index < -0.39 is 0 Å². The molecule has 0 atom stereocenters. The summed E-state index contributed by atoms with van der Waals surface area (Å²) in [4.78, 5) is 22.6. The van der Waals surface area contributed by atoms with E-state index in [1.54, 1.807) is 0 Å². The van der Waals surface area contributed by atoms with Crippen LogP contribution in [-0.2, 0) is 0 Å². The van der Waals surface area contributed by atoms with Gasteiger partial charge in [0.2, 0.25) is 5.95 Å². The Hall–Kier alpha value is -2.47. The first-order chi connectivity index (χ1) is 11.7. The Morgan fingerprint density at radius 2 is 1.92 bits per heavy atom. The van der Waals surface area contributed by atoms with Crippen molar-refractivity contribution in [3.63, 3.8) is 0 Å². The number of rotatable bonds is 3. The van der Waals surface area contributed by atoms with Crippen LogP contribution in [0.5, 0.6) is 0 Å². The minimum absolute atomic E-state index is 0.0255. The molecule has 0 aliphatic heterocycles. The molecule has 2 aromatic heterocycles. The first-order valence-corrected chi connectivity index (χ1v) is 8.96. The van der Waals surface area contributed by atoms with Crippen molar-refractivity contribution in [2.24, 2.45) is 0 Å². The molecule has 0 unspecified atom stereocenters. The number of fused-ring (bicyclic) bond motifs is 1. The van der Waals surface area contributed by atoms with E-state index in [2.05, 4.69) is 15.3 Å². The van der Waals surface area contributed by atoms with E-state index in [-0.39, 0.29) is 11.9 Å². The summed E-state index contributed by atoms with van der Waals surface area (Å²) in [5.41, 5.74) is 7.61. The zero-order chi connectivity index (χ0) is 16.5. The lowest BCUT2D eigenvalue weighted by Crippen LogP contribution is -2.31. The minimum Gasteiger partial charge on any atom is -0.368 e. The molecule has 0 saturated heterocycles. The van der Waals surface area contributed by atoms with Gasteiger partial charge in [-0.3, -0.25) is 4.79 Å². The van der Waals surface area contributed by atoms with Gasteiger partial charge in [0.15, 0.2) is 0 Å². The number of anilines is 1. The molecule has 0 radical (unpaired) electrons. The number of aromatic nitrogens is 2. The number of nitrogens with two attached hydrogens (primary N) is 1. The standard InChI is InChI=1S/C18H18N4OS/c19-18-21-15(11-6-2-1-3-7-11)13-10-14(24-17(13)22-18)16(23)20-12-8-4-5-9-12/h1-3,6-7,10,12H,4-5,8-9H2,(H,20,23)(H2,19,21,22). The van der Waals surface area contributed by atoms with Gasteiger partial charge in [0.05, 0.1) is 10.6 Å². The van der Waals surface area contributed by atoms with Gasteiger partial charge in [-0.2, -0.15) is 0 Å². The molecule has 1 fully saturated rings. The second-order valence-electron chi connectivity index (χ2n) is 6.08. The quantitative estimate of drug-likeness (QED) is 0.764. The lowest BCUT2D eigenvalue weighted by atomic mass is 10.1. The van der Waals surface area contributed by atoms with Crippen LogP contribution in [0.4, 0.5) is 5.95 Å². The van der Waals surface area contributed by atoms with Crippen LogP contribution in [0.3, 0.4) is 0 Å². The maximum Gasteiger partial charge on any atom is 0.261 e. The van der Waals surface area contributed by atoms with Gasteiger partial charge in [-0.25, -0.2) is 9.97 Å². The molecule has 2 heterocycles. The predicted octanol–water partition coefficient (Wildman–Crippen LogP) is 3.61. The average molecular weight is 338 g/mol. The Labute approximate surface area is 143 Å². The van der Waals surface area contributed by atoms with Crippen LogP contribution in [0.2, 0.25) is 0 Å². The first kappa shape index (κ1) is 15.1. The number of benzene rings is 1. The lowest BCUT2D eigenvalue weighted by Gasteiger charge is -2.10.